The monoisotopic (exact) mass is 575 g/mol. The lowest BCUT2D eigenvalue weighted by atomic mass is 9.95. The molecule has 210 valence electrons. The lowest BCUT2D eigenvalue weighted by Crippen LogP contribution is -2.40. The minimum absolute atomic E-state index is 0.159. The number of nitro benzene ring substituents is 1. The normalized spacial score (nSPS) is 14.8. The summed E-state index contributed by atoms with van der Waals surface area (Å²) >= 11 is 1.13. The highest BCUT2D eigenvalue weighted by molar-refractivity contribution is 7.07. The maximum Gasteiger partial charge on any atom is 0.338 e. The van der Waals surface area contributed by atoms with Gasteiger partial charge in [-0.1, -0.05) is 29.5 Å². The fourth-order valence-corrected chi connectivity index (χ4v) is 5.71. The number of esters is 1. The summed E-state index contributed by atoms with van der Waals surface area (Å²) in [7, 11) is 2.94. The second kappa shape index (κ2) is 11.3. The average molecular weight is 576 g/mol. The number of para-hydroxylation sites is 1. The number of carbonyl (C=O) groups is 1. The molecule has 1 aliphatic rings. The summed E-state index contributed by atoms with van der Waals surface area (Å²) in [5.41, 5.74) is 0.965. The molecule has 41 heavy (non-hydrogen) atoms. The van der Waals surface area contributed by atoms with E-state index in [1.54, 1.807) is 68.5 Å². The number of ether oxygens (including phenoxy) is 3. The first-order chi connectivity index (χ1) is 19.8. The number of thiazole rings is 1. The van der Waals surface area contributed by atoms with Gasteiger partial charge < -0.3 is 18.6 Å². The first-order valence-electron chi connectivity index (χ1n) is 12.5. The van der Waals surface area contributed by atoms with E-state index in [1.807, 2.05) is 0 Å². The minimum Gasteiger partial charge on any atom is -0.497 e. The zero-order valence-electron chi connectivity index (χ0n) is 22.6. The number of hydrogen-bond donors (Lipinski definition) is 0. The molecule has 3 heterocycles. The second-order valence-corrected chi connectivity index (χ2v) is 9.90. The van der Waals surface area contributed by atoms with Crippen LogP contribution < -0.4 is 24.4 Å². The number of benzene rings is 2. The first-order valence-corrected chi connectivity index (χ1v) is 13.3. The Morgan fingerprint density at radius 2 is 1.95 bits per heavy atom. The van der Waals surface area contributed by atoms with E-state index in [-0.39, 0.29) is 29.2 Å². The van der Waals surface area contributed by atoms with Gasteiger partial charge in [-0.2, -0.15) is 0 Å². The van der Waals surface area contributed by atoms with Gasteiger partial charge in [0.15, 0.2) is 4.80 Å². The summed E-state index contributed by atoms with van der Waals surface area (Å²) in [6.07, 6.45) is 1.55. The van der Waals surface area contributed by atoms with Crippen molar-refractivity contribution in [1.82, 2.24) is 4.57 Å². The molecule has 1 atom stereocenters. The van der Waals surface area contributed by atoms with Crippen molar-refractivity contribution in [3.05, 3.63) is 107 Å². The lowest BCUT2D eigenvalue weighted by Gasteiger charge is -2.25. The number of nitrogens with zero attached hydrogens (tertiary/aromatic N) is 3. The van der Waals surface area contributed by atoms with Gasteiger partial charge in [0, 0.05) is 11.6 Å². The number of allylic oxidation sites excluding steroid dienone is 1. The molecule has 1 aliphatic heterocycles. The Morgan fingerprint density at radius 1 is 1.17 bits per heavy atom. The molecule has 0 fully saturated rings. The molecule has 0 amide bonds. The number of aromatic nitrogens is 1. The van der Waals surface area contributed by atoms with Crippen molar-refractivity contribution in [3.8, 4) is 22.8 Å². The highest BCUT2D eigenvalue weighted by atomic mass is 32.1. The summed E-state index contributed by atoms with van der Waals surface area (Å²) in [4.78, 5) is 43.0. The quantitative estimate of drug-likeness (QED) is 0.175. The number of furan rings is 1. The number of carbonyl (C=O) groups excluding carboxylic acids is 1. The molecule has 0 bridgehead atoms. The van der Waals surface area contributed by atoms with Crippen molar-refractivity contribution in [2.45, 2.75) is 19.9 Å². The Hall–Kier alpha value is -4.97. The van der Waals surface area contributed by atoms with Crippen LogP contribution in [0.5, 0.6) is 11.5 Å². The van der Waals surface area contributed by atoms with Crippen LogP contribution in [0.2, 0.25) is 0 Å². The summed E-state index contributed by atoms with van der Waals surface area (Å²) in [5, 5.41) is 11.7. The van der Waals surface area contributed by atoms with Gasteiger partial charge in [0.05, 0.1) is 53.2 Å². The van der Waals surface area contributed by atoms with Crippen LogP contribution in [-0.4, -0.2) is 36.3 Å². The third-order valence-electron chi connectivity index (χ3n) is 6.52. The standard InChI is InChI=1S/C29H25N3O8S/c1-5-39-28(34)25-16(2)30-29-31(26(25)20-8-6-7-9-22(20)38-4)27(33)24(41-29)15-18-11-13-23(40-18)19-12-10-17(37-3)14-21(19)32(35)36/h6-15,26H,5H2,1-4H3/b24-15+/t26-/m1/s1. The third-order valence-corrected chi connectivity index (χ3v) is 7.50. The SMILES string of the molecule is CCOC(=O)C1=C(C)N=c2s/c(=C/c3ccc(-c4ccc(OC)cc4[N+](=O)[O-])o3)c(=O)n2[C@@H]1c1ccccc1OC. The summed E-state index contributed by atoms with van der Waals surface area (Å²) in [6, 6.07) is 14.0. The fourth-order valence-electron chi connectivity index (χ4n) is 4.68. The van der Waals surface area contributed by atoms with Gasteiger partial charge in [-0.05, 0) is 44.2 Å². The summed E-state index contributed by atoms with van der Waals surface area (Å²) in [6.45, 7) is 3.57. The van der Waals surface area contributed by atoms with E-state index in [0.29, 0.717) is 37.9 Å². The molecule has 0 spiro atoms. The molecule has 12 heteroatoms. The number of nitro groups is 1. The van der Waals surface area contributed by atoms with Gasteiger partial charge in [-0.3, -0.25) is 19.5 Å². The van der Waals surface area contributed by atoms with Crippen molar-refractivity contribution in [1.29, 1.82) is 0 Å². The molecule has 5 rings (SSSR count). The van der Waals surface area contributed by atoms with Crippen molar-refractivity contribution in [3.63, 3.8) is 0 Å². The molecule has 0 unspecified atom stereocenters. The Morgan fingerprint density at radius 3 is 2.66 bits per heavy atom. The Balaban J connectivity index is 1.65. The molecule has 0 radical (unpaired) electrons. The predicted molar refractivity (Wildman–Crippen MR) is 151 cm³/mol. The Labute approximate surface area is 237 Å². The molecule has 2 aromatic heterocycles. The van der Waals surface area contributed by atoms with Crippen molar-refractivity contribution in [2.24, 2.45) is 4.99 Å². The van der Waals surface area contributed by atoms with E-state index in [2.05, 4.69) is 4.99 Å². The topological polar surface area (TPSA) is 135 Å². The Kier molecular flexibility index (Phi) is 7.58. The van der Waals surface area contributed by atoms with Gasteiger partial charge >= 0.3 is 5.97 Å². The van der Waals surface area contributed by atoms with Crippen LogP contribution in [0.4, 0.5) is 5.69 Å². The highest BCUT2D eigenvalue weighted by Gasteiger charge is 2.35. The minimum atomic E-state index is -0.835. The summed E-state index contributed by atoms with van der Waals surface area (Å²) < 4.78 is 23.7. The van der Waals surface area contributed by atoms with Gasteiger partial charge in [0.1, 0.15) is 29.1 Å². The maximum absolute atomic E-state index is 13.8. The maximum atomic E-state index is 13.8. The Bertz CT molecular complexity index is 1880. The predicted octanol–water partition coefficient (Wildman–Crippen LogP) is 3.98. The van der Waals surface area contributed by atoms with E-state index in [9.17, 15) is 19.7 Å². The zero-order valence-corrected chi connectivity index (χ0v) is 23.4. The van der Waals surface area contributed by atoms with Gasteiger partial charge in [-0.25, -0.2) is 9.79 Å². The van der Waals surface area contributed by atoms with Crippen molar-refractivity contribution < 1.29 is 28.3 Å². The van der Waals surface area contributed by atoms with Crippen LogP contribution in [0.25, 0.3) is 17.4 Å². The van der Waals surface area contributed by atoms with E-state index in [1.165, 1.54) is 24.9 Å². The zero-order chi connectivity index (χ0) is 29.3. The molecular weight excluding hydrogens is 550 g/mol. The molecular formula is C29H25N3O8S. The smallest absolute Gasteiger partial charge is 0.338 e. The van der Waals surface area contributed by atoms with Crippen LogP contribution in [0.15, 0.2) is 80.1 Å². The van der Waals surface area contributed by atoms with E-state index < -0.39 is 22.5 Å². The molecule has 4 aromatic rings. The van der Waals surface area contributed by atoms with Gasteiger partial charge in [-0.15, -0.1) is 0 Å². The van der Waals surface area contributed by atoms with Crippen LogP contribution in [0, 0.1) is 10.1 Å². The average Bonchev–Trinajstić information content (AvgIpc) is 3.56. The van der Waals surface area contributed by atoms with Crippen molar-refractivity contribution in [2.75, 3.05) is 20.8 Å². The number of methoxy groups -OCH3 is 2. The number of rotatable bonds is 8. The van der Waals surface area contributed by atoms with E-state index >= 15 is 0 Å². The van der Waals surface area contributed by atoms with E-state index in [4.69, 9.17) is 18.6 Å². The lowest BCUT2D eigenvalue weighted by molar-refractivity contribution is -0.384. The van der Waals surface area contributed by atoms with Crippen LogP contribution in [0.1, 0.15) is 31.2 Å². The van der Waals surface area contributed by atoms with Crippen LogP contribution in [0.3, 0.4) is 0 Å². The van der Waals surface area contributed by atoms with Gasteiger partial charge in [0.2, 0.25) is 0 Å². The fraction of sp³-hybridized carbons (Fsp3) is 0.207. The highest BCUT2D eigenvalue weighted by Crippen LogP contribution is 2.36. The molecule has 0 N–H and O–H groups in total. The molecule has 11 nitrogen and oxygen atoms in total. The van der Waals surface area contributed by atoms with Crippen molar-refractivity contribution >= 4 is 29.1 Å². The largest absolute Gasteiger partial charge is 0.497 e. The van der Waals surface area contributed by atoms with Gasteiger partial charge in [0.25, 0.3) is 11.2 Å². The molecule has 2 aromatic carbocycles. The van der Waals surface area contributed by atoms with Crippen LogP contribution in [-0.2, 0) is 9.53 Å². The second-order valence-electron chi connectivity index (χ2n) is 8.89. The molecule has 0 saturated heterocycles. The van der Waals surface area contributed by atoms with E-state index in [0.717, 1.165) is 11.3 Å². The summed E-state index contributed by atoms with van der Waals surface area (Å²) in [5.74, 6) is 0.836. The number of hydrogen-bond acceptors (Lipinski definition) is 10. The first kappa shape index (κ1) is 27.6. The molecule has 0 aliphatic carbocycles. The number of fused-ring (bicyclic) bond motifs is 1. The van der Waals surface area contributed by atoms with Crippen LogP contribution >= 0.6 is 11.3 Å². The third kappa shape index (κ3) is 5.05. The molecule has 0 saturated carbocycles.